The normalized spacial score (nSPS) is 20.8. The number of hydrogen-bond acceptors (Lipinski definition) is 7. The first-order valence-corrected chi connectivity index (χ1v) is 23.7. The Hall–Kier alpha value is -7.85. The third-order valence-electron chi connectivity index (χ3n) is 15.5. The number of aliphatic carboxylic acids is 1. The van der Waals surface area contributed by atoms with Crippen LogP contribution in [0.3, 0.4) is 0 Å². The molecule has 0 saturated heterocycles. The average Bonchev–Trinajstić information content (AvgIpc) is 4.23. The lowest BCUT2D eigenvalue weighted by Gasteiger charge is -2.60. The van der Waals surface area contributed by atoms with Gasteiger partial charge in [-0.15, -0.1) is 0 Å². The largest absolute Gasteiger partial charge is 0.497 e. The lowest BCUT2D eigenvalue weighted by atomic mass is 9.43. The van der Waals surface area contributed by atoms with Gasteiger partial charge in [-0.2, -0.15) is 0 Å². The van der Waals surface area contributed by atoms with E-state index in [0.717, 1.165) is 150 Å². The fourth-order valence-corrected chi connectivity index (χ4v) is 12.8. The molecule has 10 heteroatoms. The number of carbonyl (C=O) groups is 1. The molecule has 2 atom stereocenters. The van der Waals surface area contributed by atoms with Gasteiger partial charge in [-0.1, -0.05) is 48.5 Å². The lowest BCUT2D eigenvalue weighted by molar-refractivity contribution is -0.167. The molecule has 4 saturated carbocycles. The highest BCUT2D eigenvalue weighted by molar-refractivity contribution is 6.00. The minimum Gasteiger partial charge on any atom is -0.497 e. The second-order valence-electron chi connectivity index (χ2n) is 19.4. The van der Waals surface area contributed by atoms with Crippen molar-refractivity contribution < 1.29 is 28.8 Å². The number of ether oxygens (including phenoxy) is 4. The molecule has 2 aliphatic heterocycles. The van der Waals surface area contributed by atoms with Gasteiger partial charge in [0.2, 0.25) is 0 Å². The van der Waals surface area contributed by atoms with Crippen molar-refractivity contribution in [3.05, 3.63) is 144 Å². The van der Waals surface area contributed by atoms with E-state index in [-0.39, 0.29) is 5.41 Å². The van der Waals surface area contributed by atoms with Crippen LogP contribution in [0.5, 0.6) is 23.0 Å². The van der Waals surface area contributed by atoms with Crippen LogP contribution in [0.1, 0.15) is 66.9 Å². The average molecular weight is 913 g/mol. The fraction of sp³-hybridized carbons (Fsp3) is 0.237. The van der Waals surface area contributed by atoms with Crippen LogP contribution in [0.2, 0.25) is 0 Å². The fourth-order valence-electron chi connectivity index (χ4n) is 12.8. The topological polar surface area (TPSA) is 132 Å². The van der Waals surface area contributed by atoms with Crippen molar-refractivity contribution in [2.75, 3.05) is 28.4 Å². The molecule has 4 fully saturated rings. The van der Waals surface area contributed by atoms with Gasteiger partial charge in [0.15, 0.2) is 0 Å². The smallest absolute Gasteiger partial charge is 0.309 e. The zero-order chi connectivity index (χ0) is 47.0. The summed E-state index contributed by atoms with van der Waals surface area (Å²) in [5, 5.41) is 10.7. The molecule has 7 aromatic rings. The molecule has 69 heavy (non-hydrogen) atoms. The number of H-pyrrole nitrogens is 2. The summed E-state index contributed by atoms with van der Waals surface area (Å²) in [5.74, 6) is 3.23. The maximum absolute atomic E-state index is 13.0. The van der Waals surface area contributed by atoms with Crippen LogP contribution in [-0.4, -0.2) is 59.5 Å². The number of methoxy groups -OCH3 is 4. The van der Waals surface area contributed by atoms with Gasteiger partial charge in [0.1, 0.15) is 23.0 Å². The van der Waals surface area contributed by atoms with Crippen molar-refractivity contribution in [3.8, 4) is 67.5 Å². The van der Waals surface area contributed by atoms with Gasteiger partial charge in [-0.05, 0) is 164 Å². The van der Waals surface area contributed by atoms with Gasteiger partial charge in [0, 0.05) is 55.3 Å². The first-order chi connectivity index (χ1) is 33.7. The zero-order valence-electron chi connectivity index (χ0n) is 39.1. The third-order valence-corrected chi connectivity index (χ3v) is 15.5. The lowest BCUT2D eigenvalue weighted by Crippen LogP contribution is -2.56. The monoisotopic (exact) mass is 912 g/mol. The van der Waals surface area contributed by atoms with Gasteiger partial charge in [-0.3, -0.25) is 4.79 Å². The molecule has 4 aromatic carbocycles. The Bertz CT molecular complexity index is 3380. The quantitative estimate of drug-likeness (QED) is 0.124. The predicted molar refractivity (Wildman–Crippen MR) is 273 cm³/mol. The summed E-state index contributed by atoms with van der Waals surface area (Å²) in [6.45, 7) is 0. The van der Waals surface area contributed by atoms with Gasteiger partial charge >= 0.3 is 5.97 Å². The number of hydrogen-bond donors (Lipinski definition) is 3. The number of rotatable bonds is 10. The number of nitrogens with zero attached hydrogens (tertiary/aromatic N) is 2. The molecule has 13 rings (SSSR count). The van der Waals surface area contributed by atoms with Crippen LogP contribution in [0, 0.1) is 17.3 Å². The Morgan fingerprint density at radius 1 is 0.507 bits per heavy atom. The van der Waals surface area contributed by atoms with E-state index in [9.17, 15) is 9.90 Å². The number of aromatic nitrogens is 4. The Morgan fingerprint density at radius 3 is 1.25 bits per heavy atom. The Labute approximate surface area is 400 Å². The van der Waals surface area contributed by atoms with Crippen molar-refractivity contribution in [1.82, 2.24) is 19.9 Å². The summed E-state index contributed by atoms with van der Waals surface area (Å²) >= 11 is 0. The molecular formula is C59H52N4O6. The zero-order valence-corrected chi connectivity index (χ0v) is 39.1. The summed E-state index contributed by atoms with van der Waals surface area (Å²) in [6, 6.07) is 39.3. The summed E-state index contributed by atoms with van der Waals surface area (Å²) in [5.41, 5.74) is 14.4. The van der Waals surface area contributed by atoms with Crippen molar-refractivity contribution in [2.45, 2.75) is 43.9 Å². The van der Waals surface area contributed by atoms with Gasteiger partial charge in [0.05, 0.1) is 56.6 Å². The van der Waals surface area contributed by atoms with E-state index in [4.69, 9.17) is 28.9 Å². The summed E-state index contributed by atoms with van der Waals surface area (Å²) in [4.78, 5) is 31.6. The molecule has 2 unspecified atom stereocenters. The highest BCUT2D eigenvalue weighted by atomic mass is 16.5. The number of carboxylic acids is 1. The molecule has 10 nitrogen and oxygen atoms in total. The Kier molecular flexibility index (Phi) is 10.1. The molecule has 4 aliphatic carbocycles. The highest BCUT2D eigenvalue weighted by Crippen LogP contribution is 2.67. The molecule has 344 valence electrons. The number of benzene rings is 4. The first-order valence-electron chi connectivity index (χ1n) is 23.7. The molecule has 0 amide bonds. The van der Waals surface area contributed by atoms with E-state index in [1.165, 1.54) is 0 Å². The van der Waals surface area contributed by atoms with Crippen LogP contribution in [0.4, 0.5) is 0 Å². The van der Waals surface area contributed by atoms with Crippen LogP contribution >= 0.6 is 0 Å². The SMILES string of the molecule is COc1ccc(-c2c3nc(c(-c4ccc(OC)cc4)c4ccc([nH]4)c(-c4ccc(C56CC7CC(CC(C(=O)O)(C7)C5)C6)c(OC)c4)c4nc(c(-c5ccc(OC)cc5)c5ccc2[nH]5)C=C4)C=C3)cc1. The first kappa shape index (κ1) is 42.5. The van der Waals surface area contributed by atoms with Gasteiger partial charge in [-0.25, -0.2) is 9.97 Å². The van der Waals surface area contributed by atoms with Crippen LogP contribution in [-0.2, 0) is 10.2 Å². The van der Waals surface area contributed by atoms with E-state index < -0.39 is 11.4 Å². The Morgan fingerprint density at radius 2 is 0.884 bits per heavy atom. The number of nitrogens with one attached hydrogen (secondary N) is 2. The number of aromatic amines is 2. The predicted octanol–water partition coefficient (Wildman–Crippen LogP) is 13.3. The van der Waals surface area contributed by atoms with E-state index in [1.807, 2.05) is 36.4 Å². The number of carboxylic acid groups (broad SMARTS) is 1. The Balaban J connectivity index is 1.15. The summed E-state index contributed by atoms with van der Waals surface area (Å²) in [7, 11) is 6.76. The summed E-state index contributed by atoms with van der Waals surface area (Å²) in [6.07, 6.45) is 13.7. The summed E-state index contributed by atoms with van der Waals surface area (Å²) < 4.78 is 23.1. The van der Waals surface area contributed by atoms with Crippen LogP contribution in [0.25, 0.3) is 90.9 Å². The van der Waals surface area contributed by atoms with Crippen molar-refractivity contribution in [3.63, 3.8) is 0 Å². The molecular weight excluding hydrogens is 861 g/mol. The standard InChI is InChI=1S/C59H52N4O6/c1-66-40-12-5-36(6-13-40)53-44-19-21-46(60-44)54(37-7-14-41(67-2)15-8-37)48-23-25-50(62-48)56(51-26-24-49(63-51)55(47-22-20-45(53)61-47)38-9-16-42(68-3)17-10-38)39-11-18-43(52(28-39)69-4)58-29-34-27-35(30-58)32-59(31-34,33-58)57(64)65/h5-26,28,34-35,60,63H,27,29-33H2,1-4H3,(H,64,65). The van der Waals surface area contributed by atoms with Crippen molar-refractivity contribution in [2.24, 2.45) is 17.3 Å². The van der Waals surface area contributed by atoms with Gasteiger partial charge < -0.3 is 34.0 Å². The minimum absolute atomic E-state index is 0.252. The molecule has 3 aromatic heterocycles. The maximum atomic E-state index is 13.0. The molecule has 3 N–H and O–H groups in total. The number of fused-ring (bicyclic) bond motifs is 8. The molecule has 0 radical (unpaired) electrons. The van der Waals surface area contributed by atoms with E-state index in [0.29, 0.717) is 18.3 Å². The van der Waals surface area contributed by atoms with Gasteiger partial charge in [0.25, 0.3) is 0 Å². The van der Waals surface area contributed by atoms with Crippen LogP contribution in [0.15, 0.2) is 115 Å². The highest BCUT2D eigenvalue weighted by Gasteiger charge is 2.61. The molecule has 12 bridgehead atoms. The van der Waals surface area contributed by atoms with Crippen molar-refractivity contribution in [1.29, 1.82) is 0 Å². The van der Waals surface area contributed by atoms with E-state index >= 15 is 0 Å². The van der Waals surface area contributed by atoms with E-state index in [2.05, 4.69) is 113 Å². The van der Waals surface area contributed by atoms with Crippen LogP contribution < -0.4 is 18.9 Å². The third kappa shape index (κ3) is 7.11. The minimum atomic E-state index is -0.676. The van der Waals surface area contributed by atoms with Crippen molar-refractivity contribution >= 4 is 52.3 Å². The molecule has 0 spiro atoms. The second kappa shape index (κ2) is 16.4. The van der Waals surface area contributed by atoms with E-state index in [1.54, 1.807) is 28.4 Å². The second-order valence-corrected chi connectivity index (χ2v) is 19.4. The maximum Gasteiger partial charge on any atom is 0.309 e. The molecule has 6 aliphatic rings. The molecule has 5 heterocycles.